The van der Waals surface area contributed by atoms with Crippen molar-refractivity contribution in [1.29, 1.82) is 0 Å². The van der Waals surface area contributed by atoms with Crippen molar-refractivity contribution in [3.8, 4) is 0 Å². The van der Waals surface area contributed by atoms with Crippen LogP contribution in [0.2, 0.25) is 0 Å². The van der Waals surface area contributed by atoms with Crippen LogP contribution in [0.1, 0.15) is 31.4 Å². The van der Waals surface area contributed by atoms with Crippen molar-refractivity contribution in [3.05, 3.63) is 95.6 Å². The monoisotopic (exact) mass is 316 g/mol. The van der Waals surface area contributed by atoms with Gasteiger partial charge in [0.2, 0.25) is 0 Å². The maximum absolute atomic E-state index is 5.82. The first-order chi connectivity index (χ1) is 11.8. The lowest BCUT2D eigenvalue weighted by Gasteiger charge is -2.18. The number of rotatable bonds is 5. The van der Waals surface area contributed by atoms with Gasteiger partial charge < -0.3 is 4.74 Å². The Morgan fingerprint density at radius 1 is 1.04 bits per heavy atom. The fraction of sp³-hybridized carbons (Fsp3) is 0.217. The maximum Gasteiger partial charge on any atom is 0.127 e. The molecule has 0 spiro atoms. The Kier molecular flexibility index (Phi) is 5.32. The number of allylic oxidation sites excluding steroid dienone is 4. The standard InChI is InChI=1S/C23H24O/c1-3-18(2)22(20-10-6-4-7-11-20)16-19-14-15-24-23(17-19)21-12-8-5-9-13-21/h4-14,16-18H,3,15H2,1-2H3/b22-16+. The molecule has 0 fully saturated rings. The van der Waals surface area contributed by atoms with E-state index in [0.717, 1.165) is 17.7 Å². The van der Waals surface area contributed by atoms with Crippen LogP contribution in [-0.4, -0.2) is 6.61 Å². The van der Waals surface area contributed by atoms with Crippen LogP contribution in [0.25, 0.3) is 11.3 Å². The summed E-state index contributed by atoms with van der Waals surface area (Å²) in [6, 6.07) is 21.0. The van der Waals surface area contributed by atoms with Gasteiger partial charge in [0.25, 0.3) is 0 Å². The highest BCUT2D eigenvalue weighted by Gasteiger charge is 2.12. The van der Waals surface area contributed by atoms with Gasteiger partial charge in [0.15, 0.2) is 0 Å². The van der Waals surface area contributed by atoms with E-state index >= 15 is 0 Å². The zero-order valence-electron chi connectivity index (χ0n) is 14.4. The van der Waals surface area contributed by atoms with Gasteiger partial charge in [-0.2, -0.15) is 0 Å². The lowest BCUT2D eigenvalue weighted by molar-refractivity contribution is 0.315. The molecule has 0 saturated carbocycles. The van der Waals surface area contributed by atoms with Crippen molar-refractivity contribution in [3.63, 3.8) is 0 Å². The zero-order valence-corrected chi connectivity index (χ0v) is 14.4. The van der Waals surface area contributed by atoms with E-state index in [0.29, 0.717) is 12.5 Å². The summed E-state index contributed by atoms with van der Waals surface area (Å²) in [4.78, 5) is 0. The van der Waals surface area contributed by atoms with E-state index in [1.807, 2.05) is 18.2 Å². The summed E-state index contributed by atoms with van der Waals surface area (Å²) in [5.74, 6) is 1.46. The average molecular weight is 316 g/mol. The fourth-order valence-corrected chi connectivity index (χ4v) is 2.89. The van der Waals surface area contributed by atoms with Crippen LogP contribution in [0, 0.1) is 5.92 Å². The Morgan fingerprint density at radius 2 is 1.71 bits per heavy atom. The molecule has 0 radical (unpaired) electrons. The van der Waals surface area contributed by atoms with Gasteiger partial charge in [0, 0.05) is 5.56 Å². The molecule has 0 amide bonds. The van der Waals surface area contributed by atoms with E-state index in [4.69, 9.17) is 4.74 Å². The summed E-state index contributed by atoms with van der Waals surface area (Å²) in [6.45, 7) is 5.15. The molecule has 2 aromatic carbocycles. The van der Waals surface area contributed by atoms with Gasteiger partial charge in [-0.1, -0.05) is 80.6 Å². The highest BCUT2D eigenvalue weighted by atomic mass is 16.5. The summed E-state index contributed by atoms with van der Waals surface area (Å²) in [5.41, 5.74) is 5.03. The van der Waals surface area contributed by atoms with Crippen molar-refractivity contribution in [1.82, 2.24) is 0 Å². The van der Waals surface area contributed by atoms with Crippen molar-refractivity contribution in [2.45, 2.75) is 20.3 Å². The smallest absolute Gasteiger partial charge is 0.127 e. The van der Waals surface area contributed by atoms with E-state index in [-0.39, 0.29) is 0 Å². The average Bonchev–Trinajstić information content (AvgIpc) is 2.67. The zero-order chi connectivity index (χ0) is 16.8. The molecule has 1 aliphatic rings. The van der Waals surface area contributed by atoms with Crippen molar-refractivity contribution < 1.29 is 4.74 Å². The molecular weight excluding hydrogens is 292 g/mol. The molecule has 0 bridgehead atoms. The molecule has 1 unspecified atom stereocenters. The molecule has 1 nitrogen and oxygen atoms in total. The molecule has 0 N–H and O–H groups in total. The second-order valence-electron chi connectivity index (χ2n) is 6.16. The maximum atomic E-state index is 5.82. The summed E-state index contributed by atoms with van der Waals surface area (Å²) < 4.78 is 5.82. The van der Waals surface area contributed by atoms with Gasteiger partial charge >= 0.3 is 0 Å². The molecule has 1 aliphatic heterocycles. The molecule has 2 aromatic rings. The minimum Gasteiger partial charge on any atom is -0.489 e. The third-order valence-corrected chi connectivity index (χ3v) is 4.49. The molecule has 0 aromatic heterocycles. The van der Waals surface area contributed by atoms with E-state index in [2.05, 4.69) is 74.5 Å². The minimum absolute atomic E-state index is 0.518. The lowest BCUT2D eigenvalue weighted by Crippen LogP contribution is -2.02. The van der Waals surface area contributed by atoms with Crippen molar-refractivity contribution in [2.75, 3.05) is 6.61 Å². The van der Waals surface area contributed by atoms with Crippen LogP contribution in [0.15, 0.2) is 84.5 Å². The van der Waals surface area contributed by atoms with E-state index in [1.165, 1.54) is 16.7 Å². The summed E-state index contributed by atoms with van der Waals surface area (Å²) in [6.07, 6.45) is 7.73. The lowest BCUT2D eigenvalue weighted by atomic mass is 9.90. The first-order valence-electron chi connectivity index (χ1n) is 8.65. The van der Waals surface area contributed by atoms with Crippen LogP contribution in [0.5, 0.6) is 0 Å². The van der Waals surface area contributed by atoms with Gasteiger partial charge in [0.05, 0.1) is 0 Å². The molecule has 1 heteroatoms. The second kappa shape index (κ2) is 7.83. The van der Waals surface area contributed by atoms with Gasteiger partial charge in [-0.05, 0) is 41.2 Å². The Hall–Kier alpha value is -2.54. The Morgan fingerprint density at radius 3 is 2.38 bits per heavy atom. The number of hydrogen-bond acceptors (Lipinski definition) is 1. The normalized spacial score (nSPS) is 16.0. The van der Waals surface area contributed by atoms with Gasteiger partial charge in [-0.25, -0.2) is 0 Å². The van der Waals surface area contributed by atoms with E-state index < -0.39 is 0 Å². The molecule has 1 atom stereocenters. The number of ether oxygens (including phenoxy) is 1. The SMILES string of the molecule is CCC(C)/C(=C\C1=CCOC(c2ccccc2)=C1)c1ccccc1. The third-order valence-electron chi connectivity index (χ3n) is 4.49. The van der Waals surface area contributed by atoms with E-state index in [9.17, 15) is 0 Å². The fourth-order valence-electron chi connectivity index (χ4n) is 2.89. The van der Waals surface area contributed by atoms with Gasteiger partial charge in [-0.3, -0.25) is 0 Å². The molecule has 0 saturated heterocycles. The Balaban J connectivity index is 1.95. The summed E-state index contributed by atoms with van der Waals surface area (Å²) >= 11 is 0. The molecule has 122 valence electrons. The second-order valence-corrected chi connectivity index (χ2v) is 6.16. The van der Waals surface area contributed by atoms with Gasteiger partial charge in [-0.15, -0.1) is 0 Å². The quantitative estimate of drug-likeness (QED) is 0.646. The molecular formula is C23H24O. The summed E-state index contributed by atoms with van der Waals surface area (Å²) in [7, 11) is 0. The molecule has 0 aliphatic carbocycles. The van der Waals surface area contributed by atoms with Crippen LogP contribution in [0.4, 0.5) is 0 Å². The summed E-state index contributed by atoms with van der Waals surface area (Å²) in [5, 5.41) is 0. The van der Waals surface area contributed by atoms with Crippen LogP contribution in [0.3, 0.4) is 0 Å². The predicted molar refractivity (Wildman–Crippen MR) is 102 cm³/mol. The minimum atomic E-state index is 0.518. The highest BCUT2D eigenvalue weighted by molar-refractivity contribution is 5.73. The van der Waals surface area contributed by atoms with Crippen LogP contribution >= 0.6 is 0 Å². The number of hydrogen-bond donors (Lipinski definition) is 0. The van der Waals surface area contributed by atoms with Crippen LogP contribution in [-0.2, 0) is 4.74 Å². The Bertz CT molecular complexity index is 751. The third kappa shape index (κ3) is 3.86. The molecule has 24 heavy (non-hydrogen) atoms. The first-order valence-corrected chi connectivity index (χ1v) is 8.65. The topological polar surface area (TPSA) is 9.23 Å². The van der Waals surface area contributed by atoms with Crippen molar-refractivity contribution in [2.24, 2.45) is 5.92 Å². The molecule has 1 heterocycles. The molecule has 3 rings (SSSR count). The largest absolute Gasteiger partial charge is 0.489 e. The highest BCUT2D eigenvalue weighted by Crippen LogP contribution is 2.29. The van der Waals surface area contributed by atoms with Gasteiger partial charge in [0.1, 0.15) is 12.4 Å². The van der Waals surface area contributed by atoms with Crippen LogP contribution < -0.4 is 0 Å². The van der Waals surface area contributed by atoms with E-state index in [1.54, 1.807) is 0 Å². The Labute approximate surface area is 145 Å². The van der Waals surface area contributed by atoms with Crippen molar-refractivity contribution >= 4 is 11.3 Å². The number of benzene rings is 2. The first kappa shape index (κ1) is 16.3. The predicted octanol–water partition coefficient (Wildman–Crippen LogP) is 6.11.